The number of nitrogens with zero attached hydrogens (tertiary/aromatic N) is 6. The minimum absolute atomic E-state index is 0.00524. The largest absolute Gasteiger partial charge is 0.491 e. The number of hydrogen-bond donors (Lipinski definition) is 0. The Morgan fingerprint density at radius 3 is 2.52 bits per heavy atom. The lowest BCUT2D eigenvalue weighted by atomic mass is 9.87. The summed E-state index contributed by atoms with van der Waals surface area (Å²) in [4.78, 5) is 28.0. The van der Waals surface area contributed by atoms with E-state index >= 15 is 0 Å². The average Bonchev–Trinajstić information content (AvgIpc) is 3.35. The number of ether oxygens (including phenoxy) is 1. The van der Waals surface area contributed by atoms with E-state index in [4.69, 9.17) is 4.74 Å². The lowest BCUT2D eigenvalue weighted by Crippen LogP contribution is -2.42. The molecule has 0 radical (unpaired) electrons. The molecule has 2 aromatic carbocycles. The van der Waals surface area contributed by atoms with Crippen molar-refractivity contribution < 1.29 is 23.1 Å². The van der Waals surface area contributed by atoms with Crippen molar-refractivity contribution in [3.63, 3.8) is 0 Å². The number of aromatic nitrogens is 3. The van der Waals surface area contributed by atoms with Crippen LogP contribution in [0.1, 0.15) is 71.8 Å². The molecule has 1 saturated heterocycles. The second kappa shape index (κ2) is 13.2. The van der Waals surface area contributed by atoms with Crippen molar-refractivity contribution in [2.45, 2.75) is 78.2 Å². The summed E-state index contributed by atoms with van der Waals surface area (Å²) in [6.07, 6.45) is 5.67. The van der Waals surface area contributed by atoms with Crippen LogP contribution in [-0.4, -0.2) is 57.1 Å². The Morgan fingerprint density at radius 1 is 1.02 bits per heavy atom. The van der Waals surface area contributed by atoms with Gasteiger partial charge in [0.15, 0.2) is 11.6 Å². The summed E-state index contributed by atoms with van der Waals surface area (Å²) >= 11 is 0. The molecule has 11 heteroatoms. The van der Waals surface area contributed by atoms with Crippen LogP contribution in [0.25, 0.3) is 11.3 Å². The van der Waals surface area contributed by atoms with E-state index in [2.05, 4.69) is 36.2 Å². The molecule has 0 spiro atoms. The maximum absolute atomic E-state index is 14.6. The maximum Gasteiger partial charge on any atom is 0.270 e. The van der Waals surface area contributed by atoms with Gasteiger partial charge >= 0.3 is 0 Å². The summed E-state index contributed by atoms with van der Waals surface area (Å²) < 4.78 is 35.7. The van der Waals surface area contributed by atoms with Crippen LogP contribution in [0.15, 0.2) is 47.7 Å². The van der Waals surface area contributed by atoms with Crippen LogP contribution in [0.3, 0.4) is 0 Å². The molecule has 2 amide bonds. The normalized spacial score (nSPS) is 17.8. The van der Waals surface area contributed by atoms with E-state index in [1.165, 1.54) is 17.1 Å². The molecule has 2 aliphatic rings. The number of benzene rings is 2. The van der Waals surface area contributed by atoms with Crippen molar-refractivity contribution in [3.8, 4) is 17.0 Å². The molecule has 0 N–H and O–H groups in total. The van der Waals surface area contributed by atoms with Crippen LogP contribution in [0.5, 0.6) is 5.75 Å². The van der Waals surface area contributed by atoms with Crippen LogP contribution in [0.4, 0.5) is 14.5 Å². The highest BCUT2D eigenvalue weighted by molar-refractivity contribution is 6.40. The van der Waals surface area contributed by atoms with E-state index < -0.39 is 11.6 Å². The zero-order valence-corrected chi connectivity index (χ0v) is 25.9. The topological polar surface area (TPSA) is 92.9 Å². The van der Waals surface area contributed by atoms with Gasteiger partial charge in [-0.25, -0.2) is 9.40 Å². The molecule has 1 fully saturated rings. The van der Waals surface area contributed by atoms with Gasteiger partial charge in [-0.15, -0.1) is 5.10 Å². The van der Waals surface area contributed by atoms with Gasteiger partial charge in [-0.3, -0.25) is 14.3 Å². The van der Waals surface area contributed by atoms with E-state index in [1.54, 1.807) is 17.8 Å². The van der Waals surface area contributed by atoms with Gasteiger partial charge in [0.25, 0.3) is 5.91 Å². The molecule has 1 unspecified atom stereocenters. The van der Waals surface area contributed by atoms with Gasteiger partial charge in [0, 0.05) is 38.0 Å². The fourth-order valence-electron chi connectivity index (χ4n) is 5.69. The van der Waals surface area contributed by atoms with Gasteiger partial charge in [-0.1, -0.05) is 38.1 Å². The quantitative estimate of drug-likeness (QED) is 0.308. The SMILES string of the molecule is CCOc1ccc(-c2cn(CCC3CCCN(C(=O)C4=NN(c5ccc(C(C)(C)C)cc5)C(=O)CC4)CC3)nn2)c(F)c1F. The number of likely N-dealkylation sites (tertiary alicyclic amines) is 1. The van der Waals surface area contributed by atoms with E-state index in [0.717, 1.165) is 31.2 Å². The van der Waals surface area contributed by atoms with Crippen molar-refractivity contribution in [2.24, 2.45) is 11.0 Å². The summed E-state index contributed by atoms with van der Waals surface area (Å²) in [5.41, 5.74) is 2.52. The summed E-state index contributed by atoms with van der Waals surface area (Å²) in [6.45, 7) is 10.2. The zero-order valence-electron chi connectivity index (χ0n) is 25.9. The molecule has 234 valence electrons. The third-order valence-electron chi connectivity index (χ3n) is 8.32. The second-order valence-corrected chi connectivity index (χ2v) is 12.5. The molecule has 44 heavy (non-hydrogen) atoms. The zero-order chi connectivity index (χ0) is 31.4. The summed E-state index contributed by atoms with van der Waals surface area (Å²) in [7, 11) is 0. The number of carbonyl (C=O) groups is 2. The summed E-state index contributed by atoms with van der Waals surface area (Å²) in [5.74, 6) is -2.04. The van der Waals surface area contributed by atoms with Crippen LogP contribution in [0.2, 0.25) is 0 Å². The highest BCUT2D eigenvalue weighted by atomic mass is 19.2. The first-order valence-electron chi connectivity index (χ1n) is 15.4. The van der Waals surface area contributed by atoms with Crippen molar-refractivity contribution in [1.82, 2.24) is 19.9 Å². The molecule has 1 aromatic heterocycles. The van der Waals surface area contributed by atoms with Gasteiger partial charge in [-0.05, 0) is 73.8 Å². The second-order valence-electron chi connectivity index (χ2n) is 12.5. The Kier molecular flexibility index (Phi) is 9.41. The number of amides is 2. The van der Waals surface area contributed by atoms with E-state index in [-0.39, 0.29) is 47.3 Å². The van der Waals surface area contributed by atoms with Gasteiger partial charge in [0.2, 0.25) is 11.7 Å². The van der Waals surface area contributed by atoms with Crippen LogP contribution in [0, 0.1) is 17.6 Å². The molecule has 9 nitrogen and oxygen atoms in total. The molecule has 3 heterocycles. The van der Waals surface area contributed by atoms with Crippen LogP contribution < -0.4 is 9.75 Å². The smallest absolute Gasteiger partial charge is 0.270 e. The highest BCUT2D eigenvalue weighted by Gasteiger charge is 2.30. The number of aryl methyl sites for hydroxylation is 1. The lowest BCUT2D eigenvalue weighted by molar-refractivity contribution is -0.124. The number of carbonyl (C=O) groups excluding carboxylic acids is 2. The first kappa shape index (κ1) is 31.3. The Bertz CT molecular complexity index is 1530. The van der Waals surface area contributed by atoms with Gasteiger partial charge in [-0.2, -0.15) is 9.49 Å². The van der Waals surface area contributed by atoms with Crippen LogP contribution >= 0.6 is 0 Å². The van der Waals surface area contributed by atoms with Gasteiger partial charge in [0.05, 0.1) is 18.5 Å². The highest BCUT2D eigenvalue weighted by Crippen LogP contribution is 2.30. The van der Waals surface area contributed by atoms with Gasteiger partial charge in [0.1, 0.15) is 11.4 Å². The number of halogens is 2. The van der Waals surface area contributed by atoms with Crippen molar-refractivity contribution >= 4 is 23.2 Å². The van der Waals surface area contributed by atoms with E-state index in [9.17, 15) is 18.4 Å². The predicted octanol–water partition coefficient (Wildman–Crippen LogP) is 6.12. The minimum atomic E-state index is -1.04. The van der Waals surface area contributed by atoms with Crippen molar-refractivity contribution in [2.75, 3.05) is 24.7 Å². The summed E-state index contributed by atoms with van der Waals surface area (Å²) in [6, 6.07) is 10.6. The molecule has 0 saturated carbocycles. The lowest BCUT2D eigenvalue weighted by Gasteiger charge is -2.27. The standard InChI is InChI=1S/C33H40F2N6O3/c1-5-44-28-14-12-25(30(34)31(28)35)27-21-40(38-36-27)20-17-22-7-6-18-39(19-16-22)32(43)26-13-15-29(42)41(37-26)24-10-8-23(9-11-24)33(2,3)4/h8-12,14,21-22H,5-7,13,15-20H2,1-4H3. The van der Waals surface area contributed by atoms with Crippen molar-refractivity contribution in [3.05, 3.63) is 59.8 Å². The molecule has 1 atom stereocenters. The fraction of sp³-hybridized carbons (Fsp3) is 0.485. The van der Waals surface area contributed by atoms with E-state index in [0.29, 0.717) is 43.4 Å². The first-order chi connectivity index (χ1) is 21.0. The molecule has 2 aliphatic heterocycles. The number of hydrazone groups is 1. The fourth-order valence-corrected chi connectivity index (χ4v) is 5.69. The monoisotopic (exact) mass is 606 g/mol. The Morgan fingerprint density at radius 2 is 1.80 bits per heavy atom. The number of hydrogen-bond acceptors (Lipinski definition) is 6. The number of rotatable bonds is 8. The third kappa shape index (κ3) is 6.97. The molecule has 0 aliphatic carbocycles. The first-order valence-corrected chi connectivity index (χ1v) is 15.4. The predicted molar refractivity (Wildman–Crippen MR) is 164 cm³/mol. The minimum Gasteiger partial charge on any atom is -0.491 e. The maximum atomic E-state index is 14.6. The van der Waals surface area contributed by atoms with Crippen LogP contribution in [-0.2, 0) is 21.5 Å². The number of anilines is 1. The molecule has 3 aromatic rings. The molecular formula is C33H40F2N6O3. The van der Waals surface area contributed by atoms with E-state index in [1.807, 2.05) is 29.2 Å². The third-order valence-corrected chi connectivity index (χ3v) is 8.32. The Hall–Kier alpha value is -4.15. The molecular weight excluding hydrogens is 566 g/mol. The Balaban J connectivity index is 1.17. The van der Waals surface area contributed by atoms with Crippen molar-refractivity contribution in [1.29, 1.82) is 0 Å². The average molecular weight is 607 g/mol. The summed E-state index contributed by atoms with van der Waals surface area (Å²) in [5, 5.41) is 14.1. The Labute approximate surface area is 256 Å². The van der Waals surface area contributed by atoms with Gasteiger partial charge < -0.3 is 9.64 Å². The molecule has 0 bridgehead atoms. The molecule has 5 rings (SSSR count).